The molecule has 0 fully saturated rings. The number of rotatable bonds is 6. The van der Waals surface area contributed by atoms with E-state index in [1.54, 1.807) is 24.3 Å². The highest BCUT2D eigenvalue weighted by molar-refractivity contribution is 7.92. The van der Waals surface area contributed by atoms with Crippen LogP contribution in [0, 0.1) is 13.8 Å². The first-order valence-corrected chi connectivity index (χ1v) is 11.3. The van der Waals surface area contributed by atoms with Crippen molar-refractivity contribution in [2.45, 2.75) is 18.7 Å². The van der Waals surface area contributed by atoms with Gasteiger partial charge in [0.2, 0.25) is 5.91 Å². The largest absolute Gasteiger partial charge is 0.324 e. The molecule has 0 atom stereocenters. The Hall–Kier alpha value is -2.54. The molecule has 0 saturated heterocycles. The van der Waals surface area contributed by atoms with E-state index in [9.17, 15) is 13.2 Å². The summed E-state index contributed by atoms with van der Waals surface area (Å²) in [6.45, 7) is 3.42. The molecule has 0 aliphatic carbocycles. The van der Waals surface area contributed by atoms with Gasteiger partial charge in [-0.05, 0) is 67.9 Å². The normalized spacial score (nSPS) is 11.2. The van der Waals surface area contributed by atoms with E-state index in [-0.39, 0.29) is 10.6 Å². The fraction of sp³-hybridized carbons (Fsp3) is 0.136. The summed E-state index contributed by atoms with van der Waals surface area (Å²) in [6.07, 6.45) is 0. The van der Waals surface area contributed by atoms with Gasteiger partial charge in [0.25, 0.3) is 10.0 Å². The third-order valence-electron chi connectivity index (χ3n) is 4.44. The monoisotopic (exact) mass is 462 g/mol. The molecule has 0 spiro atoms. The molecule has 30 heavy (non-hydrogen) atoms. The number of halogens is 2. The maximum Gasteiger partial charge on any atom is 0.264 e. The lowest BCUT2D eigenvalue weighted by Crippen LogP contribution is -2.38. The van der Waals surface area contributed by atoms with E-state index in [0.717, 1.165) is 15.4 Å². The van der Waals surface area contributed by atoms with Crippen LogP contribution in [-0.4, -0.2) is 20.9 Å². The molecule has 0 aromatic heterocycles. The average molecular weight is 463 g/mol. The van der Waals surface area contributed by atoms with E-state index >= 15 is 0 Å². The number of carbonyl (C=O) groups is 1. The minimum atomic E-state index is -4.04. The summed E-state index contributed by atoms with van der Waals surface area (Å²) in [5, 5.41) is 3.56. The molecule has 0 radical (unpaired) electrons. The van der Waals surface area contributed by atoms with Crippen LogP contribution in [0.4, 0.5) is 11.4 Å². The number of nitrogens with zero attached hydrogens (tertiary/aromatic N) is 1. The van der Waals surface area contributed by atoms with E-state index in [0.29, 0.717) is 15.7 Å². The van der Waals surface area contributed by atoms with Crippen molar-refractivity contribution in [3.63, 3.8) is 0 Å². The Labute approximate surface area is 186 Å². The van der Waals surface area contributed by atoms with Gasteiger partial charge in [-0.15, -0.1) is 0 Å². The zero-order valence-corrected chi connectivity index (χ0v) is 18.7. The Morgan fingerprint density at radius 2 is 1.63 bits per heavy atom. The van der Waals surface area contributed by atoms with Crippen molar-refractivity contribution in [2.75, 3.05) is 16.2 Å². The van der Waals surface area contributed by atoms with E-state index in [4.69, 9.17) is 23.2 Å². The first-order valence-electron chi connectivity index (χ1n) is 9.08. The molecule has 0 unspecified atom stereocenters. The highest BCUT2D eigenvalue weighted by Crippen LogP contribution is 2.27. The second-order valence-corrected chi connectivity index (χ2v) is 9.55. The molecule has 5 nitrogen and oxygen atoms in total. The smallest absolute Gasteiger partial charge is 0.264 e. The van der Waals surface area contributed by atoms with Gasteiger partial charge in [0, 0.05) is 15.7 Å². The van der Waals surface area contributed by atoms with Gasteiger partial charge in [0.05, 0.1) is 10.6 Å². The average Bonchev–Trinajstić information content (AvgIpc) is 2.68. The molecule has 156 valence electrons. The van der Waals surface area contributed by atoms with Crippen LogP contribution in [0.15, 0.2) is 71.6 Å². The van der Waals surface area contributed by atoms with Gasteiger partial charge < -0.3 is 5.32 Å². The molecule has 3 rings (SSSR count). The first-order chi connectivity index (χ1) is 14.2. The summed E-state index contributed by atoms with van der Waals surface area (Å²) >= 11 is 12.0. The molecule has 0 bridgehead atoms. The van der Waals surface area contributed by atoms with Gasteiger partial charge in [-0.2, -0.15) is 0 Å². The summed E-state index contributed by atoms with van der Waals surface area (Å²) in [4.78, 5) is 12.8. The first kappa shape index (κ1) is 22.2. The number of hydrogen-bond donors (Lipinski definition) is 1. The summed E-state index contributed by atoms with van der Waals surface area (Å²) < 4.78 is 27.7. The standard InChI is InChI=1S/C22H20Cl2N2O3S/c1-15-6-11-21(16(2)12-15)25-22(27)14-26(19-5-3-4-18(24)13-19)30(28,29)20-9-7-17(23)8-10-20/h3-13H,14H2,1-2H3,(H,25,27). The van der Waals surface area contributed by atoms with Crippen molar-refractivity contribution in [3.05, 3.63) is 87.9 Å². The van der Waals surface area contributed by atoms with Crippen molar-refractivity contribution in [1.29, 1.82) is 0 Å². The van der Waals surface area contributed by atoms with Gasteiger partial charge in [-0.3, -0.25) is 9.10 Å². The van der Waals surface area contributed by atoms with E-state index < -0.39 is 22.5 Å². The minimum absolute atomic E-state index is 0.0196. The number of amides is 1. The molecule has 3 aromatic carbocycles. The summed E-state index contributed by atoms with van der Waals surface area (Å²) in [7, 11) is -4.04. The lowest BCUT2D eigenvalue weighted by Gasteiger charge is -2.24. The highest BCUT2D eigenvalue weighted by atomic mass is 35.5. The van der Waals surface area contributed by atoms with Gasteiger partial charge >= 0.3 is 0 Å². The van der Waals surface area contributed by atoms with Crippen LogP contribution < -0.4 is 9.62 Å². The fourth-order valence-corrected chi connectivity index (χ4v) is 4.68. The number of nitrogens with one attached hydrogen (secondary N) is 1. The summed E-state index contributed by atoms with van der Waals surface area (Å²) in [5.41, 5.74) is 2.86. The fourth-order valence-electron chi connectivity index (χ4n) is 2.95. The molecule has 1 amide bonds. The quantitative estimate of drug-likeness (QED) is 0.529. The molecule has 0 saturated carbocycles. The maximum absolute atomic E-state index is 13.3. The Morgan fingerprint density at radius 1 is 0.933 bits per heavy atom. The molecule has 3 aromatic rings. The van der Waals surface area contributed by atoms with E-state index in [1.807, 2.05) is 26.0 Å². The lowest BCUT2D eigenvalue weighted by atomic mass is 10.1. The summed E-state index contributed by atoms with van der Waals surface area (Å²) in [5.74, 6) is -0.473. The van der Waals surface area contributed by atoms with Crippen LogP contribution in [0.5, 0.6) is 0 Å². The molecule has 0 heterocycles. The van der Waals surface area contributed by atoms with Gasteiger partial charge in [0.15, 0.2) is 0 Å². The Balaban J connectivity index is 1.95. The third-order valence-corrected chi connectivity index (χ3v) is 6.72. The lowest BCUT2D eigenvalue weighted by molar-refractivity contribution is -0.114. The Bertz CT molecular complexity index is 1180. The SMILES string of the molecule is Cc1ccc(NC(=O)CN(c2cccc(Cl)c2)S(=O)(=O)c2ccc(Cl)cc2)c(C)c1. The topological polar surface area (TPSA) is 66.5 Å². The number of hydrogen-bond acceptors (Lipinski definition) is 3. The van der Waals surface area contributed by atoms with Crippen molar-refractivity contribution < 1.29 is 13.2 Å². The Morgan fingerprint density at radius 3 is 2.27 bits per heavy atom. The molecule has 0 aliphatic heterocycles. The van der Waals surface area contributed by atoms with Crippen LogP contribution in [-0.2, 0) is 14.8 Å². The van der Waals surface area contributed by atoms with E-state index in [2.05, 4.69) is 5.32 Å². The summed E-state index contributed by atoms with van der Waals surface area (Å²) in [6, 6.07) is 17.7. The van der Waals surface area contributed by atoms with Crippen LogP contribution in [0.25, 0.3) is 0 Å². The second kappa shape index (κ2) is 9.08. The van der Waals surface area contributed by atoms with Crippen LogP contribution in [0.2, 0.25) is 10.0 Å². The number of carbonyl (C=O) groups excluding carboxylic acids is 1. The van der Waals surface area contributed by atoms with Crippen LogP contribution in [0.1, 0.15) is 11.1 Å². The molecule has 8 heteroatoms. The van der Waals surface area contributed by atoms with Gasteiger partial charge in [-0.1, -0.05) is 47.0 Å². The molecule has 1 N–H and O–H groups in total. The highest BCUT2D eigenvalue weighted by Gasteiger charge is 2.27. The second-order valence-electron chi connectivity index (χ2n) is 6.81. The maximum atomic E-state index is 13.3. The van der Waals surface area contributed by atoms with Crippen molar-refractivity contribution in [1.82, 2.24) is 0 Å². The molecular formula is C22H20Cl2N2O3S. The van der Waals surface area contributed by atoms with E-state index in [1.165, 1.54) is 30.3 Å². The predicted octanol–water partition coefficient (Wildman–Crippen LogP) is 5.44. The number of anilines is 2. The van der Waals surface area contributed by atoms with Crippen LogP contribution in [0.3, 0.4) is 0 Å². The van der Waals surface area contributed by atoms with Crippen molar-refractivity contribution >= 4 is 50.5 Å². The number of aryl methyl sites for hydroxylation is 2. The van der Waals surface area contributed by atoms with Crippen LogP contribution >= 0.6 is 23.2 Å². The number of benzene rings is 3. The third kappa shape index (κ3) is 5.14. The number of sulfonamides is 1. The zero-order valence-electron chi connectivity index (χ0n) is 16.4. The van der Waals surface area contributed by atoms with Gasteiger partial charge in [0.1, 0.15) is 6.54 Å². The van der Waals surface area contributed by atoms with Crippen molar-refractivity contribution in [3.8, 4) is 0 Å². The minimum Gasteiger partial charge on any atom is -0.324 e. The van der Waals surface area contributed by atoms with Gasteiger partial charge in [-0.25, -0.2) is 8.42 Å². The van der Waals surface area contributed by atoms with Crippen molar-refractivity contribution in [2.24, 2.45) is 0 Å². The zero-order chi connectivity index (χ0) is 21.9. The molecular weight excluding hydrogens is 443 g/mol. The molecule has 0 aliphatic rings. The Kier molecular flexibility index (Phi) is 6.71. The predicted molar refractivity (Wildman–Crippen MR) is 122 cm³/mol.